The number of piperidine rings is 1. The van der Waals surface area contributed by atoms with Gasteiger partial charge in [-0.15, -0.1) is 0 Å². The summed E-state index contributed by atoms with van der Waals surface area (Å²) in [6, 6.07) is 1.88. The number of nitrogens with one attached hydrogen (secondary N) is 1. The van der Waals surface area contributed by atoms with Crippen LogP contribution in [0.5, 0.6) is 0 Å². The van der Waals surface area contributed by atoms with E-state index >= 15 is 0 Å². The van der Waals surface area contributed by atoms with E-state index in [0.29, 0.717) is 26.3 Å². The minimum Gasteiger partial charge on any atom is -0.382 e. The monoisotopic (exact) mass is 308 g/mol. The van der Waals surface area contributed by atoms with Gasteiger partial charge in [0.25, 0.3) is 5.91 Å². The zero-order valence-corrected chi connectivity index (χ0v) is 13.0. The van der Waals surface area contributed by atoms with E-state index in [4.69, 9.17) is 9.47 Å². The Balaban J connectivity index is 1.80. The zero-order chi connectivity index (χ0) is 15.4. The van der Waals surface area contributed by atoms with Crippen LogP contribution >= 0.6 is 0 Å². The Kier molecular flexibility index (Phi) is 4.75. The van der Waals surface area contributed by atoms with Crippen LogP contribution in [-0.2, 0) is 19.8 Å². The van der Waals surface area contributed by atoms with E-state index in [1.807, 2.05) is 21.8 Å². The molecule has 2 aliphatic heterocycles. The van der Waals surface area contributed by atoms with Gasteiger partial charge in [0.15, 0.2) is 0 Å². The minimum absolute atomic E-state index is 0.0425. The molecule has 3 rings (SSSR count). The zero-order valence-electron chi connectivity index (χ0n) is 13.0. The van der Waals surface area contributed by atoms with Crippen LogP contribution in [0.15, 0.2) is 18.5 Å². The van der Waals surface area contributed by atoms with E-state index in [1.165, 1.54) is 0 Å². The molecule has 1 N–H and O–H groups in total. The minimum atomic E-state index is -0.566. The Bertz CT molecular complexity index is 483. The third-order valence-corrected chi connectivity index (χ3v) is 4.55. The lowest BCUT2D eigenvalue weighted by atomic mass is 9.86. The van der Waals surface area contributed by atoms with Crippen molar-refractivity contribution in [3.05, 3.63) is 18.5 Å². The molecular formula is C15H24N4O3. The largest absolute Gasteiger partial charge is 0.382 e. The molecular weight excluding hydrogens is 284 g/mol. The molecule has 1 amide bonds. The number of morpholine rings is 1. The van der Waals surface area contributed by atoms with Crippen molar-refractivity contribution in [2.24, 2.45) is 0 Å². The van der Waals surface area contributed by atoms with Gasteiger partial charge in [0.1, 0.15) is 5.54 Å². The molecule has 0 aliphatic carbocycles. The number of ether oxygens (including phenoxy) is 2. The Morgan fingerprint density at radius 1 is 1.50 bits per heavy atom. The first-order chi connectivity index (χ1) is 10.8. The number of hydrogen-bond acceptors (Lipinski definition) is 5. The summed E-state index contributed by atoms with van der Waals surface area (Å²) in [5.41, 5.74) is -0.566. The predicted octanol–water partition coefficient (Wildman–Crippen LogP) is -0.164. The summed E-state index contributed by atoms with van der Waals surface area (Å²) in [5.74, 6) is 0.155. The molecule has 0 radical (unpaired) electrons. The van der Waals surface area contributed by atoms with Gasteiger partial charge in [-0.3, -0.25) is 9.48 Å². The molecule has 1 aromatic rings. The molecule has 22 heavy (non-hydrogen) atoms. The smallest absolute Gasteiger partial charge is 0.250 e. The first-order valence-electron chi connectivity index (χ1n) is 7.87. The standard InChI is InChI=1S/C15H24N4O3/c1-21-12-13-11-18(9-10-22-13)14(20)15(3-6-16-7-4-15)19-8-2-5-17-19/h2,5,8,13,16H,3-4,6-7,9-12H2,1H3. The van der Waals surface area contributed by atoms with E-state index in [2.05, 4.69) is 10.4 Å². The summed E-state index contributed by atoms with van der Waals surface area (Å²) >= 11 is 0. The maximum absolute atomic E-state index is 13.3. The van der Waals surface area contributed by atoms with Crippen molar-refractivity contribution >= 4 is 5.91 Å². The van der Waals surface area contributed by atoms with E-state index in [1.54, 1.807) is 13.3 Å². The van der Waals surface area contributed by atoms with Gasteiger partial charge in [0.2, 0.25) is 0 Å². The van der Waals surface area contributed by atoms with Crippen LogP contribution in [0.25, 0.3) is 0 Å². The van der Waals surface area contributed by atoms with Crippen LogP contribution < -0.4 is 5.32 Å². The average molecular weight is 308 g/mol. The maximum Gasteiger partial charge on any atom is 0.250 e. The summed E-state index contributed by atoms with van der Waals surface area (Å²) in [4.78, 5) is 15.2. The quantitative estimate of drug-likeness (QED) is 0.837. The lowest BCUT2D eigenvalue weighted by Gasteiger charge is -2.42. The second-order valence-electron chi connectivity index (χ2n) is 5.93. The van der Waals surface area contributed by atoms with Crippen LogP contribution in [0, 0.1) is 0 Å². The molecule has 1 atom stereocenters. The van der Waals surface area contributed by atoms with Crippen LogP contribution in [-0.4, -0.2) is 73.2 Å². The van der Waals surface area contributed by atoms with Crippen molar-refractivity contribution < 1.29 is 14.3 Å². The fourth-order valence-corrected chi connectivity index (χ4v) is 3.39. The molecule has 2 aliphatic rings. The predicted molar refractivity (Wildman–Crippen MR) is 80.5 cm³/mol. The molecule has 0 bridgehead atoms. The highest BCUT2D eigenvalue weighted by atomic mass is 16.5. The summed E-state index contributed by atoms with van der Waals surface area (Å²) in [6.45, 7) is 3.96. The second kappa shape index (κ2) is 6.76. The van der Waals surface area contributed by atoms with Crippen molar-refractivity contribution in [3.63, 3.8) is 0 Å². The summed E-state index contributed by atoms with van der Waals surface area (Å²) < 4.78 is 12.7. The number of amides is 1. The normalized spacial score (nSPS) is 25.1. The third kappa shape index (κ3) is 2.88. The number of carbonyl (C=O) groups is 1. The average Bonchev–Trinajstić information content (AvgIpc) is 3.10. The SMILES string of the molecule is COCC1CN(C(=O)C2(n3cccn3)CCNCC2)CCO1. The van der Waals surface area contributed by atoms with Gasteiger partial charge in [-0.2, -0.15) is 5.10 Å². The molecule has 1 aromatic heterocycles. The van der Waals surface area contributed by atoms with Gasteiger partial charge in [-0.1, -0.05) is 0 Å². The van der Waals surface area contributed by atoms with E-state index in [-0.39, 0.29) is 12.0 Å². The van der Waals surface area contributed by atoms with Crippen molar-refractivity contribution in [1.82, 2.24) is 20.0 Å². The molecule has 2 fully saturated rings. The van der Waals surface area contributed by atoms with Crippen LogP contribution in [0.2, 0.25) is 0 Å². The van der Waals surface area contributed by atoms with Gasteiger partial charge in [-0.25, -0.2) is 0 Å². The Hall–Kier alpha value is -1.44. The molecule has 7 nitrogen and oxygen atoms in total. The number of aromatic nitrogens is 2. The highest BCUT2D eigenvalue weighted by Crippen LogP contribution is 2.30. The third-order valence-electron chi connectivity index (χ3n) is 4.55. The molecule has 7 heteroatoms. The van der Waals surface area contributed by atoms with Crippen molar-refractivity contribution in [1.29, 1.82) is 0 Å². The Morgan fingerprint density at radius 2 is 2.32 bits per heavy atom. The number of hydrogen-bond donors (Lipinski definition) is 1. The summed E-state index contributed by atoms with van der Waals surface area (Å²) in [5, 5.41) is 7.70. The number of carbonyl (C=O) groups excluding carboxylic acids is 1. The van der Waals surface area contributed by atoms with Crippen molar-refractivity contribution in [3.8, 4) is 0 Å². The van der Waals surface area contributed by atoms with Gasteiger partial charge in [-0.05, 0) is 32.0 Å². The van der Waals surface area contributed by atoms with Crippen molar-refractivity contribution in [2.75, 3.05) is 46.5 Å². The lowest BCUT2D eigenvalue weighted by molar-refractivity contribution is -0.152. The van der Waals surface area contributed by atoms with Crippen LogP contribution in [0.4, 0.5) is 0 Å². The Morgan fingerprint density at radius 3 is 3.00 bits per heavy atom. The fourth-order valence-electron chi connectivity index (χ4n) is 3.39. The Labute approximate surface area is 130 Å². The van der Waals surface area contributed by atoms with Gasteiger partial charge in [0.05, 0.1) is 19.3 Å². The van der Waals surface area contributed by atoms with Gasteiger partial charge < -0.3 is 19.7 Å². The van der Waals surface area contributed by atoms with E-state index in [0.717, 1.165) is 25.9 Å². The van der Waals surface area contributed by atoms with Gasteiger partial charge >= 0.3 is 0 Å². The number of rotatable bonds is 4. The molecule has 0 aromatic carbocycles. The van der Waals surface area contributed by atoms with Crippen LogP contribution in [0.3, 0.4) is 0 Å². The topological polar surface area (TPSA) is 68.6 Å². The molecule has 3 heterocycles. The fraction of sp³-hybridized carbons (Fsp3) is 0.733. The first kappa shape index (κ1) is 15.5. The van der Waals surface area contributed by atoms with Crippen LogP contribution in [0.1, 0.15) is 12.8 Å². The molecule has 122 valence electrons. The highest BCUT2D eigenvalue weighted by molar-refractivity contribution is 5.84. The van der Waals surface area contributed by atoms with E-state index in [9.17, 15) is 4.79 Å². The number of methoxy groups -OCH3 is 1. The molecule has 0 saturated carbocycles. The second-order valence-corrected chi connectivity index (χ2v) is 5.93. The maximum atomic E-state index is 13.3. The lowest BCUT2D eigenvalue weighted by Crippen LogP contribution is -2.59. The molecule has 1 unspecified atom stereocenters. The molecule has 0 spiro atoms. The number of nitrogens with zero attached hydrogens (tertiary/aromatic N) is 3. The van der Waals surface area contributed by atoms with Gasteiger partial charge in [0, 0.05) is 32.6 Å². The summed E-state index contributed by atoms with van der Waals surface area (Å²) in [6.07, 6.45) is 5.12. The van der Waals surface area contributed by atoms with Crippen molar-refractivity contribution in [2.45, 2.75) is 24.5 Å². The first-order valence-corrected chi connectivity index (χ1v) is 7.87. The summed E-state index contributed by atoms with van der Waals surface area (Å²) in [7, 11) is 1.65. The van der Waals surface area contributed by atoms with E-state index < -0.39 is 5.54 Å². The highest BCUT2D eigenvalue weighted by Gasteiger charge is 2.45. The molecule has 2 saturated heterocycles.